The van der Waals surface area contributed by atoms with Crippen LogP contribution in [0.4, 0.5) is 5.69 Å². The van der Waals surface area contributed by atoms with Gasteiger partial charge in [0.1, 0.15) is 0 Å². The summed E-state index contributed by atoms with van der Waals surface area (Å²) in [5, 5.41) is 6.62. The van der Waals surface area contributed by atoms with E-state index < -0.39 is 0 Å². The number of amides is 1. The molecule has 0 aromatic heterocycles. The van der Waals surface area contributed by atoms with Gasteiger partial charge < -0.3 is 10.6 Å². The fourth-order valence-electron chi connectivity index (χ4n) is 4.03. The van der Waals surface area contributed by atoms with Gasteiger partial charge in [0.25, 0.3) is 0 Å². The molecule has 1 saturated carbocycles. The van der Waals surface area contributed by atoms with E-state index in [1.54, 1.807) is 0 Å². The number of anilines is 1. The summed E-state index contributed by atoms with van der Waals surface area (Å²) in [6, 6.07) is 6.12. The molecule has 0 unspecified atom stereocenters. The van der Waals surface area contributed by atoms with Crippen molar-refractivity contribution in [3.63, 3.8) is 0 Å². The standard InChI is InChI=1S/C19H29N3O/c1-15-6-7-17(12-16(15)2)21-18(23)13-22-11-10-20-14-19(22)8-4-3-5-9-19/h6-7,12,20H,3-5,8-11,13-14H2,1-2H3,(H,21,23). The largest absolute Gasteiger partial charge is 0.325 e. The Morgan fingerprint density at radius 3 is 2.74 bits per heavy atom. The van der Waals surface area contributed by atoms with Crippen molar-refractivity contribution in [1.29, 1.82) is 0 Å². The molecule has 1 spiro atoms. The van der Waals surface area contributed by atoms with Crippen molar-refractivity contribution in [2.75, 3.05) is 31.5 Å². The van der Waals surface area contributed by atoms with Crippen LogP contribution in [0.2, 0.25) is 0 Å². The highest BCUT2D eigenvalue weighted by molar-refractivity contribution is 5.92. The van der Waals surface area contributed by atoms with Crippen LogP contribution in [0.15, 0.2) is 18.2 Å². The van der Waals surface area contributed by atoms with Gasteiger partial charge >= 0.3 is 0 Å². The van der Waals surface area contributed by atoms with Gasteiger partial charge in [-0.1, -0.05) is 25.3 Å². The number of piperazine rings is 1. The summed E-state index contributed by atoms with van der Waals surface area (Å²) < 4.78 is 0. The van der Waals surface area contributed by atoms with E-state index in [-0.39, 0.29) is 11.4 Å². The molecule has 3 rings (SSSR count). The Kier molecular flexibility index (Phi) is 5.02. The van der Waals surface area contributed by atoms with E-state index >= 15 is 0 Å². The van der Waals surface area contributed by atoms with Crippen molar-refractivity contribution in [2.45, 2.75) is 51.5 Å². The highest BCUT2D eigenvalue weighted by Crippen LogP contribution is 2.34. The Morgan fingerprint density at radius 1 is 1.22 bits per heavy atom. The SMILES string of the molecule is Cc1ccc(NC(=O)CN2CCNCC23CCCCC3)cc1C. The number of hydrogen-bond donors (Lipinski definition) is 2. The molecule has 1 aromatic rings. The quantitative estimate of drug-likeness (QED) is 0.901. The number of benzene rings is 1. The van der Waals surface area contributed by atoms with Crippen molar-refractivity contribution >= 4 is 11.6 Å². The number of rotatable bonds is 3. The Morgan fingerprint density at radius 2 is 2.00 bits per heavy atom. The lowest BCUT2D eigenvalue weighted by molar-refractivity contribution is -0.120. The molecule has 2 aliphatic rings. The van der Waals surface area contributed by atoms with Gasteiger partial charge in [0, 0.05) is 30.9 Å². The first-order chi connectivity index (χ1) is 11.1. The third-order valence-corrected chi connectivity index (χ3v) is 5.59. The van der Waals surface area contributed by atoms with Crippen LogP contribution in [0.3, 0.4) is 0 Å². The van der Waals surface area contributed by atoms with Gasteiger partial charge in [0.05, 0.1) is 6.54 Å². The summed E-state index contributed by atoms with van der Waals surface area (Å²) in [6.45, 7) is 7.67. The van der Waals surface area contributed by atoms with E-state index in [4.69, 9.17) is 0 Å². The number of nitrogens with zero attached hydrogens (tertiary/aromatic N) is 1. The Hall–Kier alpha value is -1.39. The molecule has 0 bridgehead atoms. The third-order valence-electron chi connectivity index (χ3n) is 5.59. The molecule has 126 valence electrons. The van der Waals surface area contributed by atoms with Crippen molar-refractivity contribution in [1.82, 2.24) is 10.2 Å². The average molecular weight is 315 g/mol. The van der Waals surface area contributed by atoms with Crippen LogP contribution in [0.25, 0.3) is 0 Å². The molecular weight excluding hydrogens is 286 g/mol. The Balaban J connectivity index is 1.64. The van der Waals surface area contributed by atoms with Crippen molar-refractivity contribution in [3.8, 4) is 0 Å². The monoisotopic (exact) mass is 315 g/mol. The van der Waals surface area contributed by atoms with Crippen LogP contribution in [0.5, 0.6) is 0 Å². The topological polar surface area (TPSA) is 44.4 Å². The van der Waals surface area contributed by atoms with E-state index in [2.05, 4.69) is 41.5 Å². The molecule has 4 nitrogen and oxygen atoms in total. The second kappa shape index (κ2) is 7.02. The number of aryl methyl sites for hydroxylation is 2. The second-order valence-corrected chi connectivity index (χ2v) is 7.23. The lowest BCUT2D eigenvalue weighted by Crippen LogP contribution is -2.63. The number of hydrogen-bond acceptors (Lipinski definition) is 3. The van der Waals surface area contributed by atoms with E-state index in [1.165, 1.54) is 43.2 Å². The molecule has 1 aromatic carbocycles. The van der Waals surface area contributed by atoms with Gasteiger partial charge in [-0.3, -0.25) is 9.69 Å². The van der Waals surface area contributed by atoms with E-state index in [1.807, 2.05) is 6.07 Å². The molecule has 1 aliphatic heterocycles. The molecule has 1 saturated heterocycles. The molecule has 0 atom stereocenters. The summed E-state index contributed by atoms with van der Waals surface area (Å²) in [5.74, 6) is 0.111. The maximum absolute atomic E-state index is 12.5. The lowest BCUT2D eigenvalue weighted by atomic mass is 9.79. The first-order valence-electron chi connectivity index (χ1n) is 8.92. The van der Waals surface area contributed by atoms with Crippen LogP contribution in [0.1, 0.15) is 43.2 Å². The molecule has 2 fully saturated rings. The first-order valence-corrected chi connectivity index (χ1v) is 8.92. The molecule has 1 heterocycles. The van der Waals surface area contributed by atoms with Crippen LogP contribution < -0.4 is 10.6 Å². The Labute approximate surface area is 139 Å². The number of nitrogens with one attached hydrogen (secondary N) is 2. The fourth-order valence-corrected chi connectivity index (χ4v) is 4.03. The van der Waals surface area contributed by atoms with Gasteiger partial charge in [0.2, 0.25) is 5.91 Å². The molecular formula is C19H29N3O. The van der Waals surface area contributed by atoms with Gasteiger partial charge in [-0.25, -0.2) is 0 Å². The highest BCUT2D eigenvalue weighted by atomic mass is 16.2. The number of carbonyl (C=O) groups is 1. The highest BCUT2D eigenvalue weighted by Gasteiger charge is 2.40. The minimum absolute atomic E-state index is 0.111. The lowest BCUT2D eigenvalue weighted by Gasteiger charge is -2.49. The molecule has 2 N–H and O–H groups in total. The van der Waals surface area contributed by atoms with Crippen LogP contribution in [-0.4, -0.2) is 42.5 Å². The normalized spacial score (nSPS) is 21.3. The molecule has 23 heavy (non-hydrogen) atoms. The Bertz CT molecular complexity index is 555. The summed E-state index contributed by atoms with van der Waals surface area (Å²) in [4.78, 5) is 15.0. The van der Waals surface area contributed by atoms with E-state index in [0.29, 0.717) is 6.54 Å². The predicted octanol–water partition coefficient (Wildman–Crippen LogP) is 2.85. The zero-order valence-electron chi connectivity index (χ0n) is 14.5. The van der Waals surface area contributed by atoms with Gasteiger partial charge in [-0.05, 0) is 49.9 Å². The van der Waals surface area contributed by atoms with Gasteiger partial charge in [-0.15, -0.1) is 0 Å². The van der Waals surface area contributed by atoms with E-state index in [0.717, 1.165) is 25.3 Å². The van der Waals surface area contributed by atoms with Crippen molar-refractivity contribution < 1.29 is 4.79 Å². The van der Waals surface area contributed by atoms with Crippen LogP contribution in [-0.2, 0) is 4.79 Å². The average Bonchev–Trinajstić information content (AvgIpc) is 2.54. The zero-order valence-corrected chi connectivity index (χ0v) is 14.5. The number of carbonyl (C=O) groups excluding carboxylic acids is 1. The fraction of sp³-hybridized carbons (Fsp3) is 0.632. The summed E-state index contributed by atoms with van der Waals surface area (Å²) in [5.41, 5.74) is 3.59. The van der Waals surface area contributed by atoms with Crippen molar-refractivity contribution in [2.24, 2.45) is 0 Å². The summed E-state index contributed by atoms with van der Waals surface area (Å²) >= 11 is 0. The smallest absolute Gasteiger partial charge is 0.238 e. The minimum Gasteiger partial charge on any atom is -0.325 e. The van der Waals surface area contributed by atoms with Crippen LogP contribution in [0, 0.1) is 13.8 Å². The zero-order chi connectivity index (χ0) is 16.3. The minimum atomic E-state index is 0.111. The predicted molar refractivity (Wildman–Crippen MR) is 94.8 cm³/mol. The first kappa shape index (κ1) is 16.5. The molecule has 1 amide bonds. The molecule has 4 heteroatoms. The summed E-state index contributed by atoms with van der Waals surface area (Å²) in [7, 11) is 0. The maximum atomic E-state index is 12.5. The third kappa shape index (κ3) is 3.75. The molecule has 0 radical (unpaired) electrons. The summed E-state index contributed by atoms with van der Waals surface area (Å²) in [6.07, 6.45) is 6.35. The van der Waals surface area contributed by atoms with Gasteiger partial charge in [0.15, 0.2) is 0 Å². The maximum Gasteiger partial charge on any atom is 0.238 e. The second-order valence-electron chi connectivity index (χ2n) is 7.23. The van der Waals surface area contributed by atoms with E-state index in [9.17, 15) is 4.79 Å². The molecule has 1 aliphatic carbocycles. The van der Waals surface area contributed by atoms with Crippen LogP contribution >= 0.6 is 0 Å². The van der Waals surface area contributed by atoms with Crippen molar-refractivity contribution in [3.05, 3.63) is 29.3 Å². The van der Waals surface area contributed by atoms with Gasteiger partial charge in [-0.2, -0.15) is 0 Å².